The third kappa shape index (κ3) is 2.31. The van der Waals surface area contributed by atoms with Crippen molar-refractivity contribution in [2.24, 2.45) is 11.3 Å². The minimum absolute atomic E-state index is 0.0898. The van der Waals surface area contributed by atoms with Crippen molar-refractivity contribution in [1.29, 1.82) is 0 Å². The van der Waals surface area contributed by atoms with Crippen LogP contribution < -0.4 is 5.32 Å². The van der Waals surface area contributed by atoms with E-state index in [0.717, 1.165) is 12.8 Å². The molecular formula is C16H28N2O. The van der Waals surface area contributed by atoms with Crippen molar-refractivity contribution in [1.82, 2.24) is 10.2 Å². The first-order valence-corrected chi connectivity index (χ1v) is 8.13. The summed E-state index contributed by atoms with van der Waals surface area (Å²) < 4.78 is 0. The lowest BCUT2D eigenvalue weighted by Gasteiger charge is -2.30. The summed E-state index contributed by atoms with van der Waals surface area (Å²) in [7, 11) is 0. The van der Waals surface area contributed by atoms with Gasteiger partial charge < -0.3 is 4.90 Å². The summed E-state index contributed by atoms with van der Waals surface area (Å²) in [6, 6.07) is 0.576. The van der Waals surface area contributed by atoms with E-state index in [1.807, 2.05) is 0 Å². The molecule has 0 bridgehead atoms. The molecule has 3 unspecified atom stereocenters. The van der Waals surface area contributed by atoms with Crippen LogP contribution in [0.4, 0.5) is 0 Å². The van der Waals surface area contributed by atoms with Crippen LogP contribution in [-0.4, -0.2) is 29.1 Å². The van der Waals surface area contributed by atoms with Crippen LogP contribution in [-0.2, 0) is 4.79 Å². The van der Waals surface area contributed by atoms with Gasteiger partial charge in [-0.1, -0.05) is 40.0 Å². The molecule has 3 heteroatoms. The Hall–Kier alpha value is -0.570. The average molecular weight is 264 g/mol. The Morgan fingerprint density at radius 2 is 1.95 bits per heavy atom. The topological polar surface area (TPSA) is 32.3 Å². The first-order valence-electron chi connectivity index (χ1n) is 8.13. The van der Waals surface area contributed by atoms with Gasteiger partial charge in [0.2, 0.25) is 5.91 Å². The molecule has 0 aromatic carbocycles. The lowest BCUT2D eigenvalue weighted by Crippen LogP contribution is -2.44. The van der Waals surface area contributed by atoms with Crippen LogP contribution in [0.5, 0.6) is 0 Å². The fourth-order valence-electron chi connectivity index (χ4n) is 4.07. The Morgan fingerprint density at radius 3 is 2.47 bits per heavy atom. The van der Waals surface area contributed by atoms with Crippen molar-refractivity contribution in [2.75, 3.05) is 0 Å². The number of carbonyl (C=O) groups is 1. The third-order valence-corrected chi connectivity index (χ3v) is 5.45. The van der Waals surface area contributed by atoms with Gasteiger partial charge in [0.05, 0.1) is 12.2 Å². The molecule has 3 atom stereocenters. The molecule has 1 aliphatic heterocycles. The molecule has 2 saturated carbocycles. The number of hydrogen-bond donors (Lipinski definition) is 1. The Morgan fingerprint density at radius 1 is 1.32 bits per heavy atom. The molecule has 3 rings (SSSR count). The summed E-state index contributed by atoms with van der Waals surface area (Å²) in [5.74, 6) is 1.08. The maximum absolute atomic E-state index is 12.7. The summed E-state index contributed by atoms with van der Waals surface area (Å²) in [5.41, 5.74) is 0.343. The van der Waals surface area contributed by atoms with Gasteiger partial charge in [-0.05, 0) is 37.0 Å². The molecule has 0 spiro atoms. The van der Waals surface area contributed by atoms with E-state index in [0.29, 0.717) is 29.4 Å². The largest absolute Gasteiger partial charge is 0.322 e. The summed E-state index contributed by atoms with van der Waals surface area (Å²) in [5, 5.41) is 3.67. The Balaban J connectivity index is 1.77. The third-order valence-electron chi connectivity index (χ3n) is 5.45. The number of nitrogens with zero attached hydrogens (tertiary/aromatic N) is 1. The second-order valence-corrected chi connectivity index (χ2v) is 7.45. The molecule has 19 heavy (non-hydrogen) atoms. The van der Waals surface area contributed by atoms with Gasteiger partial charge in [0.15, 0.2) is 0 Å². The van der Waals surface area contributed by atoms with Crippen molar-refractivity contribution < 1.29 is 4.79 Å². The van der Waals surface area contributed by atoms with Crippen molar-refractivity contribution in [3.8, 4) is 0 Å². The molecule has 3 aliphatic rings. The van der Waals surface area contributed by atoms with Gasteiger partial charge in [-0.2, -0.15) is 0 Å². The predicted octanol–water partition coefficient (Wildman–Crippen LogP) is 2.90. The zero-order valence-electron chi connectivity index (χ0n) is 12.6. The van der Waals surface area contributed by atoms with Gasteiger partial charge in [0, 0.05) is 6.04 Å². The highest BCUT2D eigenvalue weighted by Crippen LogP contribution is 2.51. The highest BCUT2D eigenvalue weighted by atomic mass is 16.2. The molecular weight excluding hydrogens is 236 g/mol. The van der Waals surface area contributed by atoms with E-state index in [1.54, 1.807) is 0 Å². The van der Waals surface area contributed by atoms with Crippen molar-refractivity contribution in [2.45, 2.75) is 84.0 Å². The number of nitrogens with one attached hydrogen (secondary N) is 1. The zero-order chi connectivity index (χ0) is 13.6. The second kappa shape index (κ2) is 4.76. The molecule has 108 valence electrons. The lowest BCUT2D eigenvalue weighted by atomic mass is 10.0. The van der Waals surface area contributed by atoms with Crippen LogP contribution in [0.25, 0.3) is 0 Å². The summed E-state index contributed by atoms with van der Waals surface area (Å²) in [4.78, 5) is 14.9. The summed E-state index contributed by atoms with van der Waals surface area (Å²) in [6.07, 6.45) is 8.88. The van der Waals surface area contributed by atoms with Crippen LogP contribution >= 0.6 is 0 Å². The average Bonchev–Trinajstić information content (AvgIpc) is 2.75. The van der Waals surface area contributed by atoms with E-state index < -0.39 is 0 Å². The van der Waals surface area contributed by atoms with Gasteiger partial charge in [-0.3, -0.25) is 10.1 Å². The second-order valence-electron chi connectivity index (χ2n) is 7.45. The van der Waals surface area contributed by atoms with Crippen LogP contribution in [0.1, 0.15) is 65.7 Å². The molecule has 0 radical (unpaired) electrons. The van der Waals surface area contributed by atoms with Gasteiger partial charge in [-0.25, -0.2) is 0 Å². The lowest BCUT2D eigenvalue weighted by molar-refractivity contribution is -0.131. The van der Waals surface area contributed by atoms with Crippen LogP contribution in [0.2, 0.25) is 0 Å². The zero-order valence-corrected chi connectivity index (χ0v) is 12.6. The van der Waals surface area contributed by atoms with Crippen molar-refractivity contribution >= 4 is 5.91 Å². The van der Waals surface area contributed by atoms with E-state index >= 15 is 0 Å². The first-order chi connectivity index (χ1) is 9.04. The van der Waals surface area contributed by atoms with Crippen LogP contribution in [0.15, 0.2) is 0 Å². The molecule has 1 amide bonds. The fourth-order valence-corrected chi connectivity index (χ4v) is 4.07. The molecule has 3 fully saturated rings. The maximum Gasteiger partial charge on any atom is 0.241 e. The quantitative estimate of drug-likeness (QED) is 0.847. The standard InChI is InChI=1S/C16H28N2O/c1-4-7-12-15(19)18(13-10-16(13,2)3)14(17-12)11-8-5-6-9-11/h11-14,17H,4-10H2,1-3H3. The Labute approximate surface area is 117 Å². The molecule has 1 saturated heterocycles. The van der Waals surface area contributed by atoms with E-state index in [-0.39, 0.29) is 6.04 Å². The number of carbonyl (C=O) groups excluding carboxylic acids is 1. The number of amides is 1. The van der Waals surface area contributed by atoms with E-state index in [2.05, 4.69) is 31.0 Å². The summed E-state index contributed by atoms with van der Waals surface area (Å²) in [6.45, 7) is 6.76. The molecule has 1 heterocycles. The molecule has 1 N–H and O–H groups in total. The summed E-state index contributed by atoms with van der Waals surface area (Å²) >= 11 is 0. The van der Waals surface area contributed by atoms with E-state index in [4.69, 9.17) is 0 Å². The highest BCUT2D eigenvalue weighted by Gasteiger charge is 2.57. The Kier molecular flexibility index (Phi) is 3.36. The molecule has 0 aromatic rings. The normalized spacial score (nSPS) is 38.2. The predicted molar refractivity (Wildman–Crippen MR) is 76.6 cm³/mol. The minimum Gasteiger partial charge on any atom is -0.322 e. The van der Waals surface area contributed by atoms with Crippen LogP contribution in [0.3, 0.4) is 0 Å². The van der Waals surface area contributed by atoms with Crippen molar-refractivity contribution in [3.05, 3.63) is 0 Å². The minimum atomic E-state index is 0.0898. The fraction of sp³-hybridized carbons (Fsp3) is 0.938. The van der Waals surface area contributed by atoms with Gasteiger partial charge >= 0.3 is 0 Å². The van der Waals surface area contributed by atoms with Gasteiger partial charge in [0.1, 0.15) is 0 Å². The van der Waals surface area contributed by atoms with Gasteiger partial charge in [-0.15, -0.1) is 0 Å². The molecule has 2 aliphatic carbocycles. The number of hydrogen-bond acceptors (Lipinski definition) is 2. The number of rotatable bonds is 4. The van der Waals surface area contributed by atoms with Crippen LogP contribution in [0, 0.1) is 11.3 Å². The molecule has 3 nitrogen and oxygen atoms in total. The van der Waals surface area contributed by atoms with Gasteiger partial charge in [0.25, 0.3) is 0 Å². The van der Waals surface area contributed by atoms with E-state index in [9.17, 15) is 4.79 Å². The SMILES string of the molecule is CCCC1NC(C2CCCC2)N(C2CC2(C)C)C1=O. The van der Waals surface area contributed by atoms with Crippen molar-refractivity contribution in [3.63, 3.8) is 0 Å². The monoisotopic (exact) mass is 264 g/mol. The van der Waals surface area contributed by atoms with E-state index in [1.165, 1.54) is 32.1 Å². The Bertz CT molecular complexity index is 360. The highest BCUT2D eigenvalue weighted by molar-refractivity contribution is 5.85. The smallest absolute Gasteiger partial charge is 0.241 e. The molecule has 0 aromatic heterocycles. The maximum atomic E-state index is 12.7. The first kappa shape index (κ1) is 13.4.